The molecule has 120 valence electrons. The van der Waals surface area contributed by atoms with Crippen molar-refractivity contribution in [1.29, 1.82) is 0 Å². The van der Waals surface area contributed by atoms with Crippen LogP contribution in [0.25, 0.3) is 10.9 Å². The lowest BCUT2D eigenvalue weighted by Crippen LogP contribution is -2.10. The number of aryl methyl sites for hydroxylation is 2. The van der Waals surface area contributed by atoms with E-state index >= 15 is 0 Å². The van der Waals surface area contributed by atoms with Gasteiger partial charge in [-0.3, -0.25) is 15.1 Å². The molecule has 0 aliphatic carbocycles. The molecule has 24 heavy (non-hydrogen) atoms. The summed E-state index contributed by atoms with van der Waals surface area (Å²) in [6.07, 6.45) is 0. The molecule has 1 heterocycles. The highest BCUT2D eigenvalue weighted by Gasteiger charge is 2.16. The van der Waals surface area contributed by atoms with Gasteiger partial charge in [-0.1, -0.05) is 18.2 Å². The standard InChI is InChI=1S/C18H14N2O4/c1-11-9-13(7-8-17(11)20(22)23)24-18(21)15-10-12(2)19-16-6-4-3-5-14(15)16/h3-10H,1-2H3. The normalized spacial score (nSPS) is 10.6. The van der Waals surface area contributed by atoms with Crippen LogP contribution in [0, 0.1) is 24.0 Å². The lowest BCUT2D eigenvalue weighted by molar-refractivity contribution is -0.385. The van der Waals surface area contributed by atoms with Gasteiger partial charge in [-0.2, -0.15) is 0 Å². The molecule has 0 aliphatic rings. The molecule has 0 saturated heterocycles. The molecule has 3 aromatic rings. The van der Waals surface area contributed by atoms with E-state index in [-0.39, 0.29) is 11.4 Å². The number of hydrogen-bond acceptors (Lipinski definition) is 5. The molecular weight excluding hydrogens is 308 g/mol. The van der Waals surface area contributed by atoms with Gasteiger partial charge in [0, 0.05) is 22.7 Å². The Morgan fingerprint density at radius 3 is 2.58 bits per heavy atom. The van der Waals surface area contributed by atoms with Crippen LogP contribution in [0.5, 0.6) is 5.75 Å². The van der Waals surface area contributed by atoms with Crippen LogP contribution in [0.3, 0.4) is 0 Å². The molecule has 6 heteroatoms. The van der Waals surface area contributed by atoms with Gasteiger partial charge in [0.2, 0.25) is 0 Å². The summed E-state index contributed by atoms with van der Waals surface area (Å²) in [7, 11) is 0. The first-order chi connectivity index (χ1) is 11.5. The van der Waals surface area contributed by atoms with Crippen LogP contribution in [-0.2, 0) is 0 Å². The van der Waals surface area contributed by atoms with Gasteiger partial charge in [0.05, 0.1) is 16.0 Å². The van der Waals surface area contributed by atoms with Gasteiger partial charge in [0.1, 0.15) is 5.75 Å². The number of benzene rings is 2. The van der Waals surface area contributed by atoms with Gasteiger partial charge in [-0.15, -0.1) is 0 Å². The monoisotopic (exact) mass is 322 g/mol. The van der Waals surface area contributed by atoms with Crippen LogP contribution in [0.15, 0.2) is 48.5 Å². The molecule has 0 saturated carbocycles. The molecule has 1 aromatic heterocycles. The Labute approximate surface area is 137 Å². The molecule has 0 bridgehead atoms. The van der Waals surface area contributed by atoms with Crippen LogP contribution in [0.2, 0.25) is 0 Å². The molecule has 0 spiro atoms. The second-order valence-electron chi connectivity index (χ2n) is 5.42. The van der Waals surface area contributed by atoms with Crippen molar-refractivity contribution in [2.45, 2.75) is 13.8 Å². The lowest BCUT2D eigenvalue weighted by atomic mass is 10.1. The van der Waals surface area contributed by atoms with Gasteiger partial charge >= 0.3 is 5.97 Å². The van der Waals surface area contributed by atoms with Gasteiger partial charge in [-0.25, -0.2) is 4.79 Å². The zero-order valence-corrected chi connectivity index (χ0v) is 13.1. The van der Waals surface area contributed by atoms with Crippen molar-refractivity contribution in [3.63, 3.8) is 0 Å². The van der Waals surface area contributed by atoms with E-state index in [2.05, 4.69) is 4.98 Å². The maximum atomic E-state index is 12.5. The Morgan fingerprint density at radius 2 is 1.88 bits per heavy atom. The first-order valence-electron chi connectivity index (χ1n) is 7.29. The molecule has 2 aromatic carbocycles. The van der Waals surface area contributed by atoms with Gasteiger partial charge in [0.15, 0.2) is 0 Å². The number of rotatable bonds is 3. The van der Waals surface area contributed by atoms with E-state index in [4.69, 9.17) is 4.74 Å². The molecule has 6 nitrogen and oxygen atoms in total. The summed E-state index contributed by atoms with van der Waals surface area (Å²) in [5.41, 5.74) is 2.25. The van der Waals surface area contributed by atoms with Crippen LogP contribution in [-0.4, -0.2) is 15.9 Å². The number of aromatic nitrogens is 1. The topological polar surface area (TPSA) is 82.3 Å². The molecular formula is C18H14N2O4. The minimum Gasteiger partial charge on any atom is -0.423 e. The minimum atomic E-state index is -0.523. The third-order valence-electron chi connectivity index (χ3n) is 3.64. The van der Waals surface area contributed by atoms with Crippen LogP contribution in [0.1, 0.15) is 21.6 Å². The van der Waals surface area contributed by atoms with E-state index in [1.807, 2.05) is 18.2 Å². The summed E-state index contributed by atoms with van der Waals surface area (Å²) in [4.78, 5) is 27.3. The van der Waals surface area contributed by atoms with E-state index in [1.54, 1.807) is 26.0 Å². The summed E-state index contributed by atoms with van der Waals surface area (Å²) in [6, 6.07) is 13.2. The predicted molar refractivity (Wildman–Crippen MR) is 89.3 cm³/mol. The highest BCUT2D eigenvalue weighted by molar-refractivity contribution is 6.04. The molecule has 0 fully saturated rings. The Morgan fingerprint density at radius 1 is 1.12 bits per heavy atom. The first kappa shape index (κ1) is 15.6. The largest absolute Gasteiger partial charge is 0.423 e. The fraction of sp³-hybridized carbons (Fsp3) is 0.111. The smallest absolute Gasteiger partial charge is 0.344 e. The van der Waals surface area contributed by atoms with E-state index in [0.717, 1.165) is 0 Å². The zero-order chi connectivity index (χ0) is 17.3. The van der Waals surface area contributed by atoms with Crippen LogP contribution < -0.4 is 4.74 Å². The second kappa shape index (κ2) is 6.08. The van der Waals surface area contributed by atoms with E-state index in [9.17, 15) is 14.9 Å². The number of carbonyl (C=O) groups is 1. The number of esters is 1. The van der Waals surface area contributed by atoms with Crippen molar-refractivity contribution in [3.8, 4) is 5.75 Å². The van der Waals surface area contributed by atoms with Crippen molar-refractivity contribution < 1.29 is 14.5 Å². The molecule has 0 N–H and O–H groups in total. The second-order valence-corrected chi connectivity index (χ2v) is 5.42. The van der Waals surface area contributed by atoms with E-state index in [1.165, 1.54) is 18.2 Å². The highest BCUT2D eigenvalue weighted by Crippen LogP contribution is 2.25. The average Bonchev–Trinajstić information content (AvgIpc) is 2.53. The number of para-hydroxylation sites is 1. The molecule has 0 amide bonds. The van der Waals surface area contributed by atoms with E-state index < -0.39 is 10.9 Å². The van der Waals surface area contributed by atoms with Gasteiger partial charge in [0.25, 0.3) is 5.69 Å². The van der Waals surface area contributed by atoms with Crippen molar-refractivity contribution in [3.05, 3.63) is 75.5 Å². The fourth-order valence-corrected chi connectivity index (χ4v) is 2.53. The third-order valence-corrected chi connectivity index (χ3v) is 3.64. The number of nitro benzene ring substituents is 1. The Hall–Kier alpha value is -3.28. The summed E-state index contributed by atoms with van der Waals surface area (Å²) in [5, 5.41) is 11.6. The maximum Gasteiger partial charge on any atom is 0.344 e. The zero-order valence-electron chi connectivity index (χ0n) is 13.1. The number of carbonyl (C=O) groups excluding carboxylic acids is 1. The summed E-state index contributed by atoms with van der Waals surface area (Å²) in [5.74, 6) is -0.258. The summed E-state index contributed by atoms with van der Waals surface area (Å²) in [6.45, 7) is 3.40. The summed E-state index contributed by atoms with van der Waals surface area (Å²) >= 11 is 0. The summed E-state index contributed by atoms with van der Waals surface area (Å²) < 4.78 is 5.39. The van der Waals surface area contributed by atoms with Gasteiger partial charge in [-0.05, 0) is 38.1 Å². The molecule has 0 aliphatic heterocycles. The van der Waals surface area contributed by atoms with Crippen LogP contribution in [0.4, 0.5) is 5.69 Å². The molecule has 3 rings (SSSR count). The number of nitro groups is 1. The quantitative estimate of drug-likeness (QED) is 0.315. The van der Waals surface area contributed by atoms with Crippen LogP contribution >= 0.6 is 0 Å². The molecule has 0 radical (unpaired) electrons. The van der Waals surface area contributed by atoms with Crippen molar-refractivity contribution in [1.82, 2.24) is 4.98 Å². The minimum absolute atomic E-state index is 0.0139. The molecule has 0 unspecified atom stereocenters. The number of ether oxygens (including phenoxy) is 1. The van der Waals surface area contributed by atoms with Crippen molar-refractivity contribution >= 4 is 22.6 Å². The van der Waals surface area contributed by atoms with Crippen molar-refractivity contribution in [2.24, 2.45) is 0 Å². The number of hydrogen-bond donors (Lipinski definition) is 0. The number of nitrogens with zero attached hydrogens (tertiary/aromatic N) is 2. The Kier molecular flexibility index (Phi) is 3.95. The van der Waals surface area contributed by atoms with Crippen molar-refractivity contribution in [2.75, 3.05) is 0 Å². The fourth-order valence-electron chi connectivity index (χ4n) is 2.53. The predicted octanol–water partition coefficient (Wildman–Crippen LogP) is 3.98. The maximum absolute atomic E-state index is 12.5. The highest BCUT2D eigenvalue weighted by atomic mass is 16.6. The number of fused-ring (bicyclic) bond motifs is 1. The van der Waals surface area contributed by atoms with Gasteiger partial charge < -0.3 is 4.74 Å². The third kappa shape index (κ3) is 2.94. The lowest BCUT2D eigenvalue weighted by Gasteiger charge is -2.09. The molecule has 0 atom stereocenters. The number of pyridine rings is 1. The SMILES string of the molecule is Cc1cc(C(=O)Oc2ccc([N+](=O)[O-])c(C)c2)c2ccccc2n1. The van der Waals surface area contributed by atoms with E-state index in [0.29, 0.717) is 27.7 Å². The first-order valence-corrected chi connectivity index (χ1v) is 7.29. The Bertz CT molecular complexity index is 966. The average molecular weight is 322 g/mol. The Balaban J connectivity index is 1.96.